The molecular weight excluding hydrogens is 416 g/mol. The van der Waals surface area contributed by atoms with E-state index in [4.69, 9.17) is 0 Å². The van der Waals surface area contributed by atoms with E-state index < -0.39 is 4.92 Å². The summed E-state index contributed by atoms with van der Waals surface area (Å²) in [5.74, 6) is 0.130. The van der Waals surface area contributed by atoms with Gasteiger partial charge in [-0.15, -0.1) is 0 Å². The first-order valence-electron chi connectivity index (χ1n) is 11.2. The van der Waals surface area contributed by atoms with Crippen molar-refractivity contribution in [2.45, 2.75) is 13.1 Å². The van der Waals surface area contributed by atoms with Crippen molar-refractivity contribution in [1.82, 2.24) is 9.80 Å². The van der Waals surface area contributed by atoms with Gasteiger partial charge < -0.3 is 9.80 Å². The highest BCUT2D eigenvalue weighted by molar-refractivity contribution is 5.78. The van der Waals surface area contributed by atoms with E-state index in [0.717, 1.165) is 5.69 Å². The Bertz CT molecular complexity index is 1010. The smallest absolute Gasteiger partial charge is 0.269 e. The third-order valence-electron chi connectivity index (χ3n) is 5.91. The Morgan fingerprint density at radius 3 is 1.79 bits per heavy atom. The molecule has 33 heavy (non-hydrogen) atoms. The van der Waals surface area contributed by atoms with Gasteiger partial charge in [0.25, 0.3) is 5.69 Å². The molecule has 0 N–H and O–H groups in total. The SMILES string of the molecule is O=C(CN(Cc1ccccc1)Cc1ccccc1)N1CCN(c2ccc([N+](=O)[O-])cc2)CC1. The van der Waals surface area contributed by atoms with Crippen molar-refractivity contribution in [3.8, 4) is 0 Å². The van der Waals surface area contributed by atoms with Crippen molar-refractivity contribution in [2.24, 2.45) is 0 Å². The zero-order valence-electron chi connectivity index (χ0n) is 18.5. The molecule has 1 heterocycles. The molecule has 0 radical (unpaired) electrons. The van der Waals surface area contributed by atoms with Gasteiger partial charge >= 0.3 is 0 Å². The number of non-ortho nitro benzene ring substituents is 1. The van der Waals surface area contributed by atoms with Crippen LogP contribution in [0.4, 0.5) is 11.4 Å². The van der Waals surface area contributed by atoms with E-state index in [2.05, 4.69) is 34.1 Å². The van der Waals surface area contributed by atoms with Crippen molar-refractivity contribution in [3.63, 3.8) is 0 Å². The number of carbonyl (C=O) groups is 1. The van der Waals surface area contributed by atoms with Crippen LogP contribution in [0.15, 0.2) is 84.9 Å². The van der Waals surface area contributed by atoms with Gasteiger partial charge in [-0.25, -0.2) is 0 Å². The van der Waals surface area contributed by atoms with Gasteiger partial charge in [-0.1, -0.05) is 60.7 Å². The molecule has 1 saturated heterocycles. The molecule has 0 atom stereocenters. The summed E-state index contributed by atoms with van der Waals surface area (Å²) in [6.45, 7) is 4.48. The maximum atomic E-state index is 13.1. The lowest BCUT2D eigenvalue weighted by molar-refractivity contribution is -0.384. The molecule has 170 valence electrons. The highest BCUT2D eigenvalue weighted by atomic mass is 16.6. The van der Waals surface area contributed by atoms with E-state index >= 15 is 0 Å². The molecule has 7 heteroatoms. The molecule has 4 rings (SSSR count). The summed E-state index contributed by atoms with van der Waals surface area (Å²) < 4.78 is 0. The number of hydrogen-bond donors (Lipinski definition) is 0. The largest absolute Gasteiger partial charge is 0.368 e. The van der Waals surface area contributed by atoms with Crippen molar-refractivity contribution >= 4 is 17.3 Å². The minimum Gasteiger partial charge on any atom is -0.368 e. The average molecular weight is 445 g/mol. The minimum atomic E-state index is -0.392. The third-order valence-corrected chi connectivity index (χ3v) is 5.91. The highest BCUT2D eigenvalue weighted by Gasteiger charge is 2.23. The molecule has 3 aromatic rings. The summed E-state index contributed by atoms with van der Waals surface area (Å²) in [5, 5.41) is 10.9. The summed E-state index contributed by atoms with van der Waals surface area (Å²) in [6.07, 6.45) is 0. The molecule has 0 aliphatic carbocycles. The highest BCUT2D eigenvalue weighted by Crippen LogP contribution is 2.21. The van der Waals surface area contributed by atoms with Crippen LogP contribution in [0.25, 0.3) is 0 Å². The predicted octanol–water partition coefficient (Wildman–Crippen LogP) is 3.95. The van der Waals surface area contributed by atoms with Crippen LogP contribution in [-0.4, -0.2) is 53.4 Å². The van der Waals surface area contributed by atoms with Crippen LogP contribution in [-0.2, 0) is 17.9 Å². The second kappa shape index (κ2) is 10.7. The van der Waals surface area contributed by atoms with Crippen molar-refractivity contribution in [3.05, 3.63) is 106 Å². The fourth-order valence-electron chi connectivity index (χ4n) is 4.14. The summed E-state index contributed by atoms with van der Waals surface area (Å²) in [6, 6.07) is 27.0. The molecule has 1 aliphatic rings. The Labute approximate surface area is 194 Å². The van der Waals surface area contributed by atoms with Crippen molar-refractivity contribution in [1.29, 1.82) is 0 Å². The van der Waals surface area contributed by atoms with Gasteiger partial charge in [0.15, 0.2) is 0 Å². The molecule has 0 unspecified atom stereocenters. The average Bonchev–Trinajstić information content (AvgIpc) is 2.85. The first-order chi connectivity index (χ1) is 16.1. The topological polar surface area (TPSA) is 69.9 Å². The van der Waals surface area contributed by atoms with Gasteiger partial charge in [0, 0.05) is 57.1 Å². The lowest BCUT2D eigenvalue weighted by Crippen LogP contribution is -2.51. The van der Waals surface area contributed by atoms with Gasteiger partial charge in [-0.3, -0.25) is 19.8 Å². The normalized spacial score (nSPS) is 13.8. The second-order valence-electron chi connectivity index (χ2n) is 8.26. The first-order valence-corrected chi connectivity index (χ1v) is 11.2. The zero-order valence-corrected chi connectivity index (χ0v) is 18.5. The minimum absolute atomic E-state index is 0.0875. The first kappa shape index (κ1) is 22.5. The number of piperazine rings is 1. The van der Waals surface area contributed by atoms with E-state index in [-0.39, 0.29) is 11.6 Å². The van der Waals surface area contributed by atoms with Crippen LogP contribution in [0.1, 0.15) is 11.1 Å². The quantitative estimate of drug-likeness (QED) is 0.389. The molecule has 1 amide bonds. The van der Waals surface area contributed by atoms with Crippen LogP contribution in [0.5, 0.6) is 0 Å². The van der Waals surface area contributed by atoms with E-state index in [1.165, 1.54) is 23.3 Å². The fourth-order valence-corrected chi connectivity index (χ4v) is 4.14. The summed E-state index contributed by atoms with van der Waals surface area (Å²) in [5.41, 5.74) is 3.40. The van der Waals surface area contributed by atoms with E-state index in [9.17, 15) is 14.9 Å². The number of rotatable bonds is 8. The van der Waals surface area contributed by atoms with Gasteiger partial charge in [0.2, 0.25) is 5.91 Å². The molecular formula is C26H28N4O3. The molecule has 0 saturated carbocycles. The Hall–Kier alpha value is -3.71. The fraction of sp³-hybridized carbons (Fsp3) is 0.269. The van der Waals surface area contributed by atoms with E-state index in [0.29, 0.717) is 45.8 Å². The molecule has 0 spiro atoms. The number of amides is 1. The predicted molar refractivity (Wildman–Crippen MR) is 129 cm³/mol. The Morgan fingerprint density at radius 1 is 0.788 bits per heavy atom. The lowest BCUT2D eigenvalue weighted by atomic mass is 10.1. The van der Waals surface area contributed by atoms with E-state index in [1.807, 2.05) is 41.3 Å². The monoisotopic (exact) mass is 444 g/mol. The van der Waals surface area contributed by atoms with Crippen LogP contribution in [0.2, 0.25) is 0 Å². The number of anilines is 1. The number of nitrogens with zero attached hydrogens (tertiary/aromatic N) is 4. The lowest BCUT2D eigenvalue weighted by Gasteiger charge is -2.37. The van der Waals surface area contributed by atoms with Crippen LogP contribution in [0, 0.1) is 10.1 Å². The maximum absolute atomic E-state index is 13.1. The third kappa shape index (κ3) is 6.17. The van der Waals surface area contributed by atoms with Crippen molar-refractivity contribution in [2.75, 3.05) is 37.6 Å². The molecule has 0 aromatic heterocycles. The van der Waals surface area contributed by atoms with Crippen LogP contribution < -0.4 is 4.90 Å². The molecule has 3 aromatic carbocycles. The number of nitro groups is 1. The standard InChI is InChI=1S/C26H28N4O3/c31-26(29-17-15-28(16-18-29)24-11-13-25(14-12-24)30(32)33)21-27(19-22-7-3-1-4-8-22)20-23-9-5-2-6-10-23/h1-14H,15-21H2. The number of hydrogen-bond acceptors (Lipinski definition) is 5. The Kier molecular flexibility index (Phi) is 7.32. The van der Waals surface area contributed by atoms with Gasteiger partial charge in [-0.2, -0.15) is 0 Å². The number of carbonyl (C=O) groups excluding carboxylic acids is 1. The second-order valence-corrected chi connectivity index (χ2v) is 8.26. The summed E-state index contributed by atoms with van der Waals surface area (Å²) in [7, 11) is 0. The summed E-state index contributed by atoms with van der Waals surface area (Å²) >= 11 is 0. The van der Waals surface area contributed by atoms with Gasteiger partial charge in [-0.05, 0) is 23.3 Å². The number of benzene rings is 3. The molecule has 1 fully saturated rings. The Balaban J connectivity index is 1.36. The molecule has 1 aliphatic heterocycles. The molecule has 0 bridgehead atoms. The van der Waals surface area contributed by atoms with Crippen molar-refractivity contribution < 1.29 is 9.72 Å². The van der Waals surface area contributed by atoms with Gasteiger partial charge in [0.05, 0.1) is 11.5 Å². The maximum Gasteiger partial charge on any atom is 0.269 e. The zero-order chi connectivity index (χ0) is 23.0. The Morgan fingerprint density at radius 2 is 1.30 bits per heavy atom. The van der Waals surface area contributed by atoms with Crippen LogP contribution >= 0.6 is 0 Å². The number of nitro benzene ring substituents is 1. The van der Waals surface area contributed by atoms with E-state index in [1.54, 1.807) is 12.1 Å². The van der Waals surface area contributed by atoms with Gasteiger partial charge in [0.1, 0.15) is 0 Å². The molecule has 7 nitrogen and oxygen atoms in total. The van der Waals surface area contributed by atoms with Crippen LogP contribution in [0.3, 0.4) is 0 Å². The summed E-state index contributed by atoms with van der Waals surface area (Å²) in [4.78, 5) is 29.9.